The Morgan fingerprint density at radius 3 is 2.23 bits per heavy atom. The molecule has 1 N–H and O–H groups in total. The van der Waals surface area contributed by atoms with Crippen LogP contribution in [0.4, 0.5) is 16.2 Å². The Morgan fingerprint density at radius 2 is 1.73 bits per heavy atom. The SMILES string of the molecule is CCOC(=O)N1CCN(c2c(NC(C)(C)C)c(=O)c2=O)CC1. The second kappa shape index (κ2) is 5.98. The van der Waals surface area contributed by atoms with Crippen molar-refractivity contribution in [3.8, 4) is 0 Å². The van der Waals surface area contributed by atoms with Crippen molar-refractivity contribution in [3.63, 3.8) is 0 Å². The van der Waals surface area contributed by atoms with Crippen molar-refractivity contribution in [3.05, 3.63) is 20.4 Å². The fraction of sp³-hybridized carbons (Fsp3) is 0.667. The third-order valence-corrected chi connectivity index (χ3v) is 3.51. The van der Waals surface area contributed by atoms with Gasteiger partial charge in [0.05, 0.1) is 6.61 Å². The Balaban J connectivity index is 2.06. The first-order valence-corrected chi connectivity index (χ1v) is 7.52. The van der Waals surface area contributed by atoms with Gasteiger partial charge >= 0.3 is 6.09 Å². The van der Waals surface area contributed by atoms with Gasteiger partial charge in [0.2, 0.25) is 0 Å². The van der Waals surface area contributed by atoms with E-state index in [4.69, 9.17) is 4.74 Å². The maximum atomic E-state index is 11.9. The summed E-state index contributed by atoms with van der Waals surface area (Å²) < 4.78 is 4.97. The molecule has 0 spiro atoms. The van der Waals surface area contributed by atoms with Crippen LogP contribution < -0.4 is 21.1 Å². The minimum atomic E-state index is -0.460. The molecule has 1 aromatic carbocycles. The van der Waals surface area contributed by atoms with Crippen molar-refractivity contribution in [2.24, 2.45) is 0 Å². The molecule has 1 aromatic rings. The Kier molecular flexibility index (Phi) is 4.44. The van der Waals surface area contributed by atoms with Crippen molar-refractivity contribution in [2.45, 2.75) is 33.2 Å². The Labute approximate surface area is 129 Å². The summed E-state index contributed by atoms with van der Waals surface area (Å²) in [5.41, 5.74) is -0.358. The molecule has 0 saturated carbocycles. The van der Waals surface area contributed by atoms with E-state index in [0.29, 0.717) is 44.2 Å². The molecule has 1 aliphatic heterocycles. The van der Waals surface area contributed by atoms with Crippen LogP contribution >= 0.6 is 0 Å². The highest BCUT2D eigenvalue weighted by molar-refractivity contribution is 5.76. The molecule has 7 nitrogen and oxygen atoms in total. The van der Waals surface area contributed by atoms with E-state index in [-0.39, 0.29) is 11.6 Å². The number of hydrogen-bond acceptors (Lipinski definition) is 6. The maximum absolute atomic E-state index is 11.9. The smallest absolute Gasteiger partial charge is 0.409 e. The monoisotopic (exact) mass is 309 g/mol. The number of hydrogen-bond donors (Lipinski definition) is 1. The first-order chi connectivity index (χ1) is 10.2. The Bertz CT molecular complexity index is 617. The highest BCUT2D eigenvalue weighted by atomic mass is 16.6. The predicted octanol–water partition coefficient (Wildman–Crippen LogP) is 0.772. The summed E-state index contributed by atoms with van der Waals surface area (Å²) in [6, 6.07) is 0. The van der Waals surface area contributed by atoms with Gasteiger partial charge in [-0.2, -0.15) is 0 Å². The average Bonchev–Trinajstić information content (AvgIpc) is 2.46. The number of piperazine rings is 1. The molecule has 1 amide bonds. The lowest BCUT2D eigenvalue weighted by atomic mass is 10.0. The van der Waals surface area contributed by atoms with E-state index >= 15 is 0 Å². The largest absolute Gasteiger partial charge is 0.450 e. The van der Waals surface area contributed by atoms with Gasteiger partial charge in [-0.05, 0) is 27.7 Å². The van der Waals surface area contributed by atoms with Crippen LogP contribution in [0.3, 0.4) is 0 Å². The van der Waals surface area contributed by atoms with Gasteiger partial charge in [0, 0.05) is 31.7 Å². The van der Waals surface area contributed by atoms with Gasteiger partial charge < -0.3 is 19.9 Å². The van der Waals surface area contributed by atoms with E-state index in [9.17, 15) is 14.4 Å². The van der Waals surface area contributed by atoms with Crippen LogP contribution in [-0.4, -0.2) is 49.3 Å². The van der Waals surface area contributed by atoms with Crippen molar-refractivity contribution >= 4 is 17.5 Å². The molecule has 0 aliphatic carbocycles. The molecule has 0 bridgehead atoms. The molecule has 0 aromatic heterocycles. The second-order valence-corrected chi connectivity index (χ2v) is 6.43. The summed E-state index contributed by atoms with van der Waals surface area (Å²) in [5.74, 6) is 0. The minimum absolute atomic E-state index is 0.288. The predicted molar refractivity (Wildman–Crippen MR) is 85.5 cm³/mol. The molecule has 1 heterocycles. The molecular formula is C15H23N3O4. The second-order valence-electron chi connectivity index (χ2n) is 6.43. The summed E-state index contributed by atoms with van der Waals surface area (Å²) in [6.45, 7) is 9.91. The summed E-state index contributed by atoms with van der Waals surface area (Å²) >= 11 is 0. The van der Waals surface area contributed by atoms with Crippen LogP contribution in [0.2, 0.25) is 0 Å². The number of ether oxygens (including phenoxy) is 1. The zero-order valence-corrected chi connectivity index (χ0v) is 13.6. The van der Waals surface area contributed by atoms with Gasteiger partial charge in [0.15, 0.2) is 0 Å². The molecule has 0 radical (unpaired) electrons. The summed E-state index contributed by atoms with van der Waals surface area (Å²) in [7, 11) is 0. The summed E-state index contributed by atoms with van der Waals surface area (Å²) in [6.07, 6.45) is -0.333. The van der Waals surface area contributed by atoms with E-state index < -0.39 is 10.9 Å². The van der Waals surface area contributed by atoms with Gasteiger partial charge in [-0.3, -0.25) is 9.59 Å². The number of nitrogens with one attached hydrogen (secondary N) is 1. The number of anilines is 2. The number of carbonyl (C=O) groups excluding carboxylic acids is 1. The van der Waals surface area contributed by atoms with Gasteiger partial charge in [-0.25, -0.2) is 4.79 Å². The van der Waals surface area contributed by atoms with Crippen molar-refractivity contribution in [1.82, 2.24) is 4.90 Å². The standard InChI is InChI=1S/C15H23N3O4/c1-5-22-14(21)18-8-6-17(7-9-18)11-10(12(19)13(11)20)16-15(2,3)4/h16H,5-9H2,1-4H3. The van der Waals surface area contributed by atoms with Crippen LogP contribution in [0.5, 0.6) is 0 Å². The van der Waals surface area contributed by atoms with Crippen molar-refractivity contribution < 1.29 is 9.53 Å². The number of rotatable bonds is 3. The number of amides is 1. The fourth-order valence-electron chi connectivity index (χ4n) is 2.50. The van der Waals surface area contributed by atoms with Crippen molar-refractivity contribution in [1.29, 1.82) is 0 Å². The number of nitrogens with zero attached hydrogens (tertiary/aromatic N) is 2. The maximum Gasteiger partial charge on any atom is 0.409 e. The third kappa shape index (κ3) is 3.23. The zero-order valence-electron chi connectivity index (χ0n) is 13.6. The van der Waals surface area contributed by atoms with Gasteiger partial charge in [-0.1, -0.05) is 0 Å². The normalized spacial score (nSPS) is 16.0. The highest BCUT2D eigenvalue weighted by Crippen LogP contribution is 2.24. The molecular weight excluding hydrogens is 286 g/mol. The first kappa shape index (κ1) is 16.3. The van der Waals surface area contributed by atoms with E-state index in [1.807, 2.05) is 25.7 Å². The van der Waals surface area contributed by atoms with Gasteiger partial charge in [0.25, 0.3) is 10.9 Å². The van der Waals surface area contributed by atoms with Gasteiger partial charge in [0.1, 0.15) is 11.4 Å². The molecule has 0 atom stereocenters. The van der Waals surface area contributed by atoms with Crippen molar-refractivity contribution in [2.75, 3.05) is 43.0 Å². The van der Waals surface area contributed by atoms with E-state index in [0.717, 1.165) is 0 Å². The van der Waals surface area contributed by atoms with Crippen LogP contribution in [0, 0.1) is 0 Å². The average molecular weight is 309 g/mol. The van der Waals surface area contributed by atoms with E-state index in [1.165, 1.54) is 0 Å². The molecule has 1 aliphatic rings. The molecule has 1 saturated heterocycles. The van der Waals surface area contributed by atoms with Crippen LogP contribution in [0.1, 0.15) is 27.7 Å². The quantitative estimate of drug-likeness (QED) is 0.831. The van der Waals surface area contributed by atoms with E-state index in [2.05, 4.69) is 5.32 Å². The van der Waals surface area contributed by atoms with Crippen LogP contribution in [0.25, 0.3) is 0 Å². The van der Waals surface area contributed by atoms with Crippen LogP contribution in [0.15, 0.2) is 9.59 Å². The molecule has 0 unspecified atom stereocenters. The molecule has 122 valence electrons. The molecule has 1 fully saturated rings. The fourth-order valence-corrected chi connectivity index (χ4v) is 2.50. The summed E-state index contributed by atoms with van der Waals surface area (Å²) in [5, 5.41) is 3.10. The van der Waals surface area contributed by atoms with Crippen LogP contribution in [-0.2, 0) is 4.74 Å². The lowest BCUT2D eigenvalue weighted by Gasteiger charge is -2.37. The lowest BCUT2D eigenvalue weighted by Crippen LogP contribution is -2.53. The highest BCUT2D eigenvalue weighted by Gasteiger charge is 2.31. The lowest BCUT2D eigenvalue weighted by molar-refractivity contribution is 0.105. The zero-order chi connectivity index (χ0) is 16.5. The number of carbonyl (C=O) groups is 1. The Hall–Kier alpha value is -2.05. The summed E-state index contributed by atoms with van der Waals surface area (Å²) in [4.78, 5) is 38.8. The molecule has 2 rings (SSSR count). The molecule has 7 heteroatoms. The minimum Gasteiger partial charge on any atom is -0.450 e. The van der Waals surface area contributed by atoms with E-state index in [1.54, 1.807) is 11.8 Å². The van der Waals surface area contributed by atoms with Gasteiger partial charge in [-0.15, -0.1) is 0 Å². The third-order valence-electron chi connectivity index (χ3n) is 3.51. The Morgan fingerprint density at radius 1 is 1.14 bits per heavy atom. The topological polar surface area (TPSA) is 79.0 Å². The first-order valence-electron chi connectivity index (χ1n) is 7.52. The molecule has 22 heavy (non-hydrogen) atoms.